The molecule has 0 aliphatic heterocycles. The number of allylic oxidation sites excluding steroid dienone is 3. The third-order valence-electron chi connectivity index (χ3n) is 2.58. The summed E-state index contributed by atoms with van der Waals surface area (Å²) < 4.78 is 0. The lowest BCUT2D eigenvalue weighted by atomic mass is 10.0. The van der Waals surface area contributed by atoms with E-state index in [0.717, 1.165) is 5.71 Å². The van der Waals surface area contributed by atoms with Crippen LogP contribution >= 0.6 is 0 Å². The summed E-state index contributed by atoms with van der Waals surface area (Å²) in [6, 6.07) is 6.43. The molecule has 0 fully saturated rings. The van der Waals surface area contributed by atoms with E-state index in [1.54, 1.807) is 0 Å². The molecule has 0 aromatic heterocycles. The van der Waals surface area contributed by atoms with Gasteiger partial charge in [-0.2, -0.15) is 0 Å². The molecule has 0 heterocycles. The van der Waals surface area contributed by atoms with Crippen molar-refractivity contribution in [3.05, 3.63) is 59.3 Å². The molecule has 0 bridgehead atoms. The summed E-state index contributed by atoms with van der Waals surface area (Å²) >= 11 is 0. The quantitative estimate of drug-likeness (QED) is 0.527. The average Bonchev–Trinajstić information content (AvgIpc) is 2.28. The fourth-order valence-electron chi connectivity index (χ4n) is 1.36. The van der Waals surface area contributed by atoms with Crippen molar-refractivity contribution in [2.45, 2.75) is 27.7 Å². The van der Waals surface area contributed by atoms with Gasteiger partial charge in [0.1, 0.15) is 0 Å². The number of hydrogen-bond acceptors (Lipinski definition) is 1. The molecule has 1 heteroatoms. The van der Waals surface area contributed by atoms with Crippen molar-refractivity contribution in [3.63, 3.8) is 0 Å². The monoisotopic (exact) mass is 213 g/mol. The summed E-state index contributed by atoms with van der Waals surface area (Å²) in [6.45, 7) is 8.27. The summed E-state index contributed by atoms with van der Waals surface area (Å²) in [6.07, 6.45) is 7.71. The largest absolute Gasteiger partial charge is 0.261 e. The van der Waals surface area contributed by atoms with Crippen molar-refractivity contribution < 1.29 is 0 Å². The van der Waals surface area contributed by atoms with E-state index in [-0.39, 0.29) is 0 Å². The van der Waals surface area contributed by atoms with Crippen LogP contribution < -0.4 is 0 Å². The molecule has 84 valence electrons. The van der Waals surface area contributed by atoms with Crippen molar-refractivity contribution in [1.29, 1.82) is 0 Å². The van der Waals surface area contributed by atoms with Gasteiger partial charge >= 0.3 is 0 Å². The molecule has 0 saturated carbocycles. The first-order chi connectivity index (χ1) is 7.65. The van der Waals surface area contributed by atoms with Crippen molar-refractivity contribution in [2.24, 2.45) is 4.99 Å². The molecule has 1 aromatic carbocycles. The second kappa shape index (κ2) is 6.06. The van der Waals surface area contributed by atoms with Crippen LogP contribution in [0, 0.1) is 13.8 Å². The van der Waals surface area contributed by atoms with Crippen molar-refractivity contribution >= 4 is 5.71 Å². The minimum absolute atomic E-state index is 1.05. The van der Waals surface area contributed by atoms with E-state index in [9.17, 15) is 0 Å². The Balaban J connectivity index is 2.87. The van der Waals surface area contributed by atoms with E-state index in [1.807, 2.05) is 38.3 Å². The molecule has 0 radical (unpaired) electrons. The van der Waals surface area contributed by atoms with Gasteiger partial charge in [-0.05, 0) is 56.5 Å². The molecule has 0 spiro atoms. The molecule has 0 amide bonds. The Kier molecular flexibility index (Phi) is 4.71. The van der Waals surface area contributed by atoms with Gasteiger partial charge in [0.05, 0.1) is 0 Å². The lowest BCUT2D eigenvalue weighted by molar-refractivity contribution is 1.33. The Morgan fingerprint density at radius 1 is 1.12 bits per heavy atom. The third-order valence-corrected chi connectivity index (χ3v) is 2.58. The molecule has 1 aromatic rings. The topological polar surface area (TPSA) is 12.4 Å². The van der Waals surface area contributed by atoms with Crippen LogP contribution in [0.2, 0.25) is 0 Å². The Hall–Kier alpha value is -1.63. The predicted molar refractivity (Wildman–Crippen MR) is 72.1 cm³/mol. The smallest absolute Gasteiger partial charge is 0.0444 e. The molecule has 0 saturated heterocycles. The van der Waals surface area contributed by atoms with Crippen LogP contribution in [0.4, 0.5) is 0 Å². The Morgan fingerprint density at radius 3 is 2.50 bits per heavy atom. The van der Waals surface area contributed by atoms with Gasteiger partial charge in [0, 0.05) is 11.9 Å². The number of rotatable bonds is 3. The molecule has 16 heavy (non-hydrogen) atoms. The van der Waals surface area contributed by atoms with E-state index in [2.05, 4.69) is 37.0 Å². The van der Waals surface area contributed by atoms with Gasteiger partial charge in [0.2, 0.25) is 0 Å². The highest BCUT2D eigenvalue weighted by atomic mass is 14.7. The second-order valence-electron chi connectivity index (χ2n) is 3.88. The normalized spacial score (nSPS) is 12.9. The zero-order valence-corrected chi connectivity index (χ0v) is 10.5. The lowest BCUT2D eigenvalue weighted by Crippen LogP contribution is -1.95. The van der Waals surface area contributed by atoms with Crippen molar-refractivity contribution in [3.8, 4) is 0 Å². The summed E-state index contributed by atoms with van der Waals surface area (Å²) in [4.78, 5) is 4.39. The van der Waals surface area contributed by atoms with E-state index in [1.165, 1.54) is 16.7 Å². The summed E-state index contributed by atoms with van der Waals surface area (Å²) in [5.74, 6) is 0. The van der Waals surface area contributed by atoms with E-state index in [0.29, 0.717) is 0 Å². The van der Waals surface area contributed by atoms with Crippen LogP contribution in [-0.2, 0) is 0 Å². The highest BCUT2D eigenvalue weighted by Crippen LogP contribution is 2.10. The maximum Gasteiger partial charge on any atom is 0.0444 e. The first-order valence-corrected chi connectivity index (χ1v) is 5.55. The molecular formula is C15H19N. The molecular weight excluding hydrogens is 194 g/mol. The van der Waals surface area contributed by atoms with Crippen molar-refractivity contribution in [1.82, 2.24) is 0 Å². The lowest BCUT2D eigenvalue weighted by Gasteiger charge is -2.03. The number of aliphatic imine (C=N–C) groups is 1. The molecule has 0 N–H and O–H groups in total. The number of hydrogen-bond donors (Lipinski definition) is 0. The zero-order chi connectivity index (χ0) is 12.0. The summed E-state index contributed by atoms with van der Waals surface area (Å²) in [5.41, 5.74) is 4.86. The summed E-state index contributed by atoms with van der Waals surface area (Å²) in [5, 5.41) is 0. The maximum atomic E-state index is 4.39. The van der Waals surface area contributed by atoms with E-state index in [4.69, 9.17) is 0 Å². The third kappa shape index (κ3) is 3.50. The minimum Gasteiger partial charge on any atom is -0.261 e. The fraction of sp³-hybridized carbons (Fsp3) is 0.267. The number of nitrogens with zero attached hydrogens (tertiary/aromatic N) is 1. The molecule has 1 rings (SSSR count). The molecule has 0 aliphatic rings. The van der Waals surface area contributed by atoms with Crippen molar-refractivity contribution in [2.75, 3.05) is 0 Å². The summed E-state index contributed by atoms with van der Waals surface area (Å²) in [7, 11) is 0. The SMILES string of the molecule is C\C=C/C=C\N=C(/C)c1ccc(C)c(C)c1. The first kappa shape index (κ1) is 12.4. The molecule has 1 nitrogen and oxygen atoms in total. The van der Waals surface area contributed by atoms with Gasteiger partial charge in [-0.25, -0.2) is 0 Å². The van der Waals surface area contributed by atoms with Gasteiger partial charge in [-0.15, -0.1) is 0 Å². The highest BCUT2D eigenvalue weighted by Gasteiger charge is 1.98. The Bertz CT molecular complexity index is 437. The Labute approximate surface area is 98.2 Å². The van der Waals surface area contributed by atoms with Crippen LogP contribution in [0.1, 0.15) is 30.5 Å². The Morgan fingerprint density at radius 2 is 1.88 bits per heavy atom. The van der Waals surface area contributed by atoms with E-state index >= 15 is 0 Å². The van der Waals surface area contributed by atoms with Crippen LogP contribution in [0.25, 0.3) is 0 Å². The van der Waals surface area contributed by atoms with E-state index < -0.39 is 0 Å². The zero-order valence-electron chi connectivity index (χ0n) is 10.5. The van der Waals surface area contributed by atoms with Gasteiger partial charge < -0.3 is 0 Å². The maximum absolute atomic E-state index is 4.39. The van der Waals surface area contributed by atoms with Gasteiger partial charge in [0.15, 0.2) is 0 Å². The highest BCUT2D eigenvalue weighted by molar-refractivity contribution is 5.99. The number of aryl methyl sites for hydroxylation is 2. The molecule has 0 atom stereocenters. The van der Waals surface area contributed by atoms with Gasteiger partial charge in [0.25, 0.3) is 0 Å². The minimum atomic E-state index is 1.05. The van der Waals surface area contributed by atoms with Gasteiger partial charge in [-0.1, -0.05) is 24.3 Å². The predicted octanol–water partition coefficient (Wildman–Crippen LogP) is 4.20. The second-order valence-corrected chi connectivity index (χ2v) is 3.88. The molecule has 0 aliphatic carbocycles. The number of benzene rings is 1. The van der Waals surface area contributed by atoms with Crippen LogP contribution in [0.3, 0.4) is 0 Å². The van der Waals surface area contributed by atoms with Crippen LogP contribution in [0.15, 0.2) is 47.6 Å². The fourth-order valence-corrected chi connectivity index (χ4v) is 1.36. The average molecular weight is 213 g/mol. The van der Waals surface area contributed by atoms with Gasteiger partial charge in [-0.3, -0.25) is 4.99 Å². The first-order valence-electron chi connectivity index (χ1n) is 5.55. The van der Waals surface area contributed by atoms with Crippen LogP contribution in [-0.4, -0.2) is 5.71 Å². The van der Waals surface area contributed by atoms with Crippen LogP contribution in [0.5, 0.6) is 0 Å². The molecule has 0 unspecified atom stereocenters. The standard InChI is InChI=1S/C15H19N/c1-5-6-7-10-16-14(4)15-9-8-12(2)13(3)11-15/h5-11H,1-4H3/b6-5-,10-7-,16-14+.